The highest BCUT2D eigenvalue weighted by Gasteiger charge is 2.01. The van der Waals surface area contributed by atoms with Crippen molar-refractivity contribution in [3.05, 3.63) is 16.0 Å². The average Bonchev–Trinajstić information content (AvgIpc) is 2.32. The highest BCUT2D eigenvalue weighted by atomic mass is 127. The molecule has 2 heterocycles. The van der Waals surface area contributed by atoms with Crippen molar-refractivity contribution < 1.29 is 0 Å². The number of nitrogens with two attached hydrogens (primary N) is 1. The summed E-state index contributed by atoms with van der Waals surface area (Å²) in [5.74, 6) is 0.302. The second kappa shape index (κ2) is 2.33. The highest BCUT2D eigenvalue weighted by Crippen LogP contribution is 2.17. The summed E-state index contributed by atoms with van der Waals surface area (Å²) in [6.45, 7) is 0. The number of nitrogens with one attached hydrogen (secondary N) is 1. The molecule has 0 aliphatic heterocycles. The van der Waals surface area contributed by atoms with Crippen molar-refractivity contribution in [3.8, 4) is 0 Å². The summed E-state index contributed by atoms with van der Waals surface area (Å²) < 4.78 is 1.11. The van der Waals surface area contributed by atoms with Gasteiger partial charge in [0.2, 0.25) is 5.95 Å². The molecule has 0 aliphatic carbocycles. The van der Waals surface area contributed by atoms with Gasteiger partial charge in [0, 0.05) is 16.0 Å². The second-order valence-corrected chi connectivity index (χ2v) is 3.29. The topological polar surface area (TPSA) is 67.6 Å². The van der Waals surface area contributed by atoms with Gasteiger partial charge in [0.1, 0.15) is 5.65 Å². The van der Waals surface area contributed by atoms with Crippen LogP contribution in [0.1, 0.15) is 0 Å². The minimum absolute atomic E-state index is 0.302. The van der Waals surface area contributed by atoms with Crippen LogP contribution in [-0.2, 0) is 0 Å². The van der Waals surface area contributed by atoms with Crippen LogP contribution in [-0.4, -0.2) is 15.0 Å². The normalized spacial score (nSPS) is 10.6. The van der Waals surface area contributed by atoms with Gasteiger partial charge in [-0.05, 0) is 22.6 Å². The lowest BCUT2D eigenvalue weighted by atomic mass is 10.4. The zero-order valence-electron chi connectivity index (χ0n) is 5.50. The molecule has 4 nitrogen and oxygen atoms in total. The van der Waals surface area contributed by atoms with Crippen molar-refractivity contribution in [2.45, 2.75) is 0 Å². The number of hydrogen-bond acceptors (Lipinski definition) is 3. The van der Waals surface area contributed by atoms with Gasteiger partial charge in [0.05, 0.1) is 5.39 Å². The van der Waals surface area contributed by atoms with Gasteiger partial charge in [0.15, 0.2) is 0 Å². The Bertz CT molecular complexity index is 394. The van der Waals surface area contributed by atoms with Crippen LogP contribution in [0, 0.1) is 3.57 Å². The van der Waals surface area contributed by atoms with Crippen LogP contribution in [0.15, 0.2) is 12.4 Å². The van der Waals surface area contributed by atoms with E-state index in [1.54, 1.807) is 6.20 Å². The van der Waals surface area contributed by atoms with Crippen LogP contribution in [0.25, 0.3) is 11.0 Å². The number of aromatic amines is 1. The molecule has 0 saturated heterocycles. The van der Waals surface area contributed by atoms with Crippen LogP contribution in [0.2, 0.25) is 0 Å². The Balaban J connectivity index is 2.86. The number of nitrogen functional groups attached to an aromatic ring is 1. The fourth-order valence-electron chi connectivity index (χ4n) is 0.890. The maximum Gasteiger partial charge on any atom is 0.221 e. The van der Waals surface area contributed by atoms with E-state index in [0.29, 0.717) is 5.95 Å². The molecule has 0 aromatic carbocycles. The molecule has 11 heavy (non-hydrogen) atoms. The lowest BCUT2D eigenvalue weighted by molar-refractivity contribution is 1.22. The lowest BCUT2D eigenvalue weighted by Crippen LogP contribution is -1.93. The van der Waals surface area contributed by atoms with Crippen LogP contribution in [0.5, 0.6) is 0 Å². The van der Waals surface area contributed by atoms with E-state index < -0.39 is 0 Å². The average molecular weight is 260 g/mol. The van der Waals surface area contributed by atoms with Crippen molar-refractivity contribution in [2.24, 2.45) is 0 Å². The molecule has 0 spiro atoms. The third-order valence-corrected chi connectivity index (χ3v) is 2.29. The Kier molecular flexibility index (Phi) is 1.45. The van der Waals surface area contributed by atoms with Gasteiger partial charge >= 0.3 is 0 Å². The van der Waals surface area contributed by atoms with Gasteiger partial charge in [-0.1, -0.05) is 0 Å². The molecular weight excluding hydrogens is 255 g/mol. The minimum Gasteiger partial charge on any atom is -0.368 e. The van der Waals surface area contributed by atoms with Crippen molar-refractivity contribution in [3.63, 3.8) is 0 Å². The Morgan fingerprint density at radius 1 is 1.55 bits per heavy atom. The van der Waals surface area contributed by atoms with Gasteiger partial charge in [-0.25, -0.2) is 4.98 Å². The molecule has 3 N–H and O–H groups in total. The quantitative estimate of drug-likeness (QED) is 0.698. The van der Waals surface area contributed by atoms with E-state index >= 15 is 0 Å². The number of hydrogen-bond donors (Lipinski definition) is 2. The summed E-state index contributed by atoms with van der Waals surface area (Å²) in [7, 11) is 0. The first-order chi connectivity index (χ1) is 5.27. The van der Waals surface area contributed by atoms with Crippen LogP contribution in [0.3, 0.4) is 0 Å². The maximum atomic E-state index is 5.39. The van der Waals surface area contributed by atoms with E-state index in [0.717, 1.165) is 14.6 Å². The predicted molar refractivity (Wildman–Crippen MR) is 51.0 cm³/mol. The molecule has 0 bridgehead atoms. The van der Waals surface area contributed by atoms with Gasteiger partial charge in [-0.15, -0.1) is 0 Å². The molecule has 2 aromatic heterocycles. The summed E-state index contributed by atoms with van der Waals surface area (Å²) in [6, 6.07) is 0. The zero-order chi connectivity index (χ0) is 7.84. The SMILES string of the molecule is Nc1ncc2c(I)c[nH]c2n1. The summed E-state index contributed by atoms with van der Waals surface area (Å²) in [5, 5.41) is 1.01. The highest BCUT2D eigenvalue weighted by molar-refractivity contribution is 14.1. The molecule has 0 atom stereocenters. The second-order valence-electron chi connectivity index (χ2n) is 2.13. The van der Waals surface area contributed by atoms with Crippen LogP contribution in [0.4, 0.5) is 5.95 Å². The minimum atomic E-state index is 0.302. The van der Waals surface area contributed by atoms with Crippen LogP contribution >= 0.6 is 22.6 Å². The molecule has 0 saturated carbocycles. The van der Waals surface area contributed by atoms with E-state index in [1.165, 1.54) is 0 Å². The third kappa shape index (κ3) is 1.05. The van der Waals surface area contributed by atoms with Gasteiger partial charge < -0.3 is 10.7 Å². The van der Waals surface area contributed by atoms with Crippen molar-refractivity contribution in [1.29, 1.82) is 0 Å². The Hall–Kier alpha value is -0.850. The fourth-order valence-corrected chi connectivity index (χ4v) is 1.44. The van der Waals surface area contributed by atoms with Crippen molar-refractivity contribution >= 4 is 39.6 Å². The van der Waals surface area contributed by atoms with E-state index in [2.05, 4.69) is 37.5 Å². The number of H-pyrrole nitrogens is 1. The molecule has 0 fully saturated rings. The summed E-state index contributed by atoms with van der Waals surface area (Å²) in [6.07, 6.45) is 3.59. The zero-order valence-corrected chi connectivity index (χ0v) is 7.66. The standard InChI is InChI=1S/C6H5IN4/c7-4-2-9-5-3(4)1-10-6(8)11-5/h1-2H,(H3,8,9,10,11). The number of aromatic nitrogens is 3. The largest absolute Gasteiger partial charge is 0.368 e. The van der Waals surface area contributed by atoms with Gasteiger partial charge in [0.25, 0.3) is 0 Å². The van der Waals surface area contributed by atoms with E-state index in [-0.39, 0.29) is 0 Å². The van der Waals surface area contributed by atoms with E-state index in [4.69, 9.17) is 5.73 Å². The van der Waals surface area contributed by atoms with Crippen molar-refractivity contribution in [1.82, 2.24) is 15.0 Å². The fraction of sp³-hybridized carbons (Fsp3) is 0. The smallest absolute Gasteiger partial charge is 0.221 e. The number of anilines is 1. The molecule has 56 valence electrons. The number of nitrogens with zero attached hydrogens (tertiary/aromatic N) is 2. The Labute approximate surface area is 76.4 Å². The maximum absolute atomic E-state index is 5.39. The lowest BCUT2D eigenvalue weighted by Gasteiger charge is -1.90. The molecule has 2 aromatic rings. The first kappa shape index (κ1) is 6.84. The molecule has 2 rings (SSSR count). The third-order valence-electron chi connectivity index (χ3n) is 1.40. The van der Waals surface area contributed by atoms with Gasteiger partial charge in [-0.2, -0.15) is 4.98 Å². The monoisotopic (exact) mass is 260 g/mol. The summed E-state index contributed by atoms with van der Waals surface area (Å²) in [4.78, 5) is 10.9. The number of fused-ring (bicyclic) bond motifs is 1. The first-order valence-corrected chi connectivity index (χ1v) is 4.10. The van der Waals surface area contributed by atoms with Crippen molar-refractivity contribution in [2.75, 3.05) is 5.73 Å². The summed E-state index contributed by atoms with van der Waals surface area (Å²) in [5.41, 5.74) is 6.18. The van der Waals surface area contributed by atoms with Crippen LogP contribution < -0.4 is 5.73 Å². The van der Waals surface area contributed by atoms with E-state index in [9.17, 15) is 0 Å². The number of halogens is 1. The summed E-state index contributed by atoms with van der Waals surface area (Å²) >= 11 is 2.21. The molecular formula is C6H5IN4. The van der Waals surface area contributed by atoms with E-state index in [1.807, 2.05) is 6.20 Å². The molecule has 0 unspecified atom stereocenters. The number of rotatable bonds is 0. The first-order valence-electron chi connectivity index (χ1n) is 3.02. The molecule has 0 amide bonds. The Morgan fingerprint density at radius 3 is 3.18 bits per heavy atom. The van der Waals surface area contributed by atoms with Gasteiger partial charge in [-0.3, -0.25) is 0 Å². The Morgan fingerprint density at radius 2 is 2.36 bits per heavy atom. The molecule has 0 radical (unpaired) electrons. The molecule has 0 aliphatic rings. The predicted octanol–water partition coefficient (Wildman–Crippen LogP) is 1.14. The molecule has 5 heteroatoms.